The van der Waals surface area contributed by atoms with E-state index in [0.717, 1.165) is 16.7 Å². The molecule has 0 aliphatic heterocycles. The monoisotopic (exact) mass is 531 g/mol. The topological polar surface area (TPSA) is 122 Å². The Morgan fingerprint density at radius 2 is 1.51 bits per heavy atom. The van der Waals surface area contributed by atoms with Gasteiger partial charge in [0.1, 0.15) is 18.4 Å². The number of amides is 3. The average Bonchev–Trinajstić information content (AvgIpc) is 2.95. The molecule has 8 heteroatoms. The first-order valence-corrected chi connectivity index (χ1v) is 13.1. The van der Waals surface area contributed by atoms with Crippen molar-refractivity contribution in [2.75, 3.05) is 13.2 Å². The lowest BCUT2D eigenvalue weighted by Crippen LogP contribution is -2.50. The maximum Gasteiger partial charge on any atom is 0.245 e. The summed E-state index contributed by atoms with van der Waals surface area (Å²) in [7, 11) is 0. The molecule has 0 aliphatic carbocycles. The van der Waals surface area contributed by atoms with E-state index in [0.29, 0.717) is 25.3 Å². The predicted octanol–water partition coefficient (Wildman–Crippen LogP) is 3.22. The number of hydrogen-bond donors (Lipinski definition) is 3. The van der Waals surface area contributed by atoms with Gasteiger partial charge in [0.25, 0.3) is 0 Å². The fraction of sp³-hybridized carbons (Fsp3) is 0.323. The molecule has 2 atom stereocenters. The van der Waals surface area contributed by atoms with Crippen molar-refractivity contribution in [3.05, 3.63) is 102 Å². The molecule has 0 saturated heterocycles. The Morgan fingerprint density at radius 3 is 2.10 bits per heavy atom. The molecule has 0 aliphatic rings. The number of nitrogens with zero attached hydrogens (tertiary/aromatic N) is 1. The average molecular weight is 532 g/mol. The van der Waals surface area contributed by atoms with Crippen molar-refractivity contribution in [3.8, 4) is 5.75 Å². The second kappa shape index (κ2) is 15.3. The highest BCUT2D eigenvalue weighted by Gasteiger charge is 2.27. The van der Waals surface area contributed by atoms with E-state index >= 15 is 0 Å². The van der Waals surface area contributed by atoms with E-state index in [1.165, 1.54) is 0 Å². The third-order valence-corrected chi connectivity index (χ3v) is 6.43. The highest BCUT2D eigenvalue weighted by Crippen LogP contribution is 2.17. The Balaban J connectivity index is 1.72. The highest BCUT2D eigenvalue weighted by molar-refractivity contribution is 5.88. The van der Waals surface area contributed by atoms with Gasteiger partial charge in [-0.05, 0) is 35.2 Å². The summed E-state index contributed by atoms with van der Waals surface area (Å²) in [5, 5.41) is 12.5. The summed E-state index contributed by atoms with van der Waals surface area (Å²) in [4.78, 5) is 39.4. The second-order valence-electron chi connectivity index (χ2n) is 9.55. The molecule has 206 valence electrons. The molecule has 3 amide bonds. The van der Waals surface area contributed by atoms with Gasteiger partial charge in [-0.25, -0.2) is 0 Å². The summed E-state index contributed by atoms with van der Waals surface area (Å²) in [6.07, 6.45) is 0.615. The number of hydrogen-bond acceptors (Lipinski definition) is 5. The van der Waals surface area contributed by atoms with E-state index in [1.807, 2.05) is 84.9 Å². The van der Waals surface area contributed by atoms with E-state index in [9.17, 15) is 19.5 Å². The van der Waals surface area contributed by atoms with Gasteiger partial charge < -0.3 is 25.8 Å². The van der Waals surface area contributed by atoms with Crippen molar-refractivity contribution in [1.29, 1.82) is 0 Å². The summed E-state index contributed by atoms with van der Waals surface area (Å²) in [6, 6.07) is 25.9. The van der Waals surface area contributed by atoms with Gasteiger partial charge in [-0.2, -0.15) is 0 Å². The molecule has 0 spiro atoms. The van der Waals surface area contributed by atoms with Gasteiger partial charge in [-0.1, -0.05) is 79.7 Å². The lowest BCUT2D eigenvalue weighted by molar-refractivity contribution is -0.137. The van der Waals surface area contributed by atoms with Crippen LogP contribution >= 0.6 is 0 Å². The Bertz CT molecular complexity index is 1190. The minimum atomic E-state index is -0.854. The van der Waals surface area contributed by atoms with Gasteiger partial charge in [0.2, 0.25) is 17.7 Å². The zero-order valence-corrected chi connectivity index (χ0v) is 22.3. The number of nitrogens with one attached hydrogen (secondary N) is 1. The number of benzene rings is 3. The number of rotatable bonds is 15. The highest BCUT2D eigenvalue weighted by atomic mass is 16.5. The Kier molecular flexibility index (Phi) is 11.5. The predicted molar refractivity (Wildman–Crippen MR) is 149 cm³/mol. The van der Waals surface area contributed by atoms with Crippen LogP contribution in [0.15, 0.2) is 84.9 Å². The molecular formula is C31H37N3O5. The van der Waals surface area contributed by atoms with E-state index in [4.69, 9.17) is 10.5 Å². The molecule has 0 bridgehead atoms. The molecule has 0 heterocycles. The summed E-state index contributed by atoms with van der Waals surface area (Å²) >= 11 is 0. The first-order valence-electron chi connectivity index (χ1n) is 13.1. The molecule has 39 heavy (non-hydrogen) atoms. The molecular weight excluding hydrogens is 494 g/mol. The standard InChI is InChI=1S/C31H37N3O5/c1-23(30(32)37)12-17-29(36)33-28(31(38)34(18-19-35)21-25-8-4-2-5-9-25)20-24-13-15-27(16-14-24)39-22-26-10-6-3-7-11-26/h2-11,13-16,23,28,35H,12,17-22H2,1H3,(H2,32,37)(H,33,36). The number of ether oxygens (including phenoxy) is 1. The van der Waals surface area contributed by atoms with Crippen LogP contribution in [-0.4, -0.2) is 46.9 Å². The molecule has 2 unspecified atom stereocenters. The SMILES string of the molecule is CC(CCC(=O)NC(Cc1ccc(OCc2ccccc2)cc1)C(=O)N(CCO)Cc1ccccc1)C(N)=O. The first kappa shape index (κ1) is 29.4. The van der Waals surface area contributed by atoms with E-state index in [2.05, 4.69) is 5.32 Å². The van der Waals surface area contributed by atoms with Crippen molar-refractivity contribution in [3.63, 3.8) is 0 Å². The maximum atomic E-state index is 13.7. The van der Waals surface area contributed by atoms with Crippen LogP contribution in [0, 0.1) is 5.92 Å². The van der Waals surface area contributed by atoms with Gasteiger partial charge in [-0.3, -0.25) is 14.4 Å². The Hall–Kier alpha value is -4.17. The molecule has 3 rings (SSSR count). The minimum absolute atomic E-state index is 0.0683. The molecule has 0 radical (unpaired) electrons. The summed E-state index contributed by atoms with van der Waals surface area (Å²) in [5.41, 5.74) is 8.14. The summed E-state index contributed by atoms with van der Waals surface area (Å²) < 4.78 is 5.86. The molecule has 0 aromatic heterocycles. The van der Waals surface area contributed by atoms with Gasteiger partial charge in [-0.15, -0.1) is 0 Å². The first-order chi connectivity index (χ1) is 18.9. The molecule has 0 fully saturated rings. The van der Waals surface area contributed by atoms with E-state index in [1.54, 1.807) is 11.8 Å². The summed E-state index contributed by atoms with van der Waals surface area (Å²) in [5.74, 6) is -0.859. The Labute approximate surface area is 229 Å². The smallest absolute Gasteiger partial charge is 0.245 e. The number of primary amides is 1. The number of nitrogens with two attached hydrogens (primary N) is 1. The molecule has 4 N–H and O–H groups in total. The van der Waals surface area contributed by atoms with Crippen LogP contribution in [0.1, 0.15) is 36.5 Å². The lowest BCUT2D eigenvalue weighted by Gasteiger charge is -2.28. The molecule has 3 aromatic carbocycles. The lowest BCUT2D eigenvalue weighted by atomic mass is 10.0. The maximum absolute atomic E-state index is 13.7. The zero-order valence-electron chi connectivity index (χ0n) is 22.3. The van der Waals surface area contributed by atoms with E-state index < -0.39 is 17.9 Å². The zero-order chi connectivity index (χ0) is 28.0. The van der Waals surface area contributed by atoms with Crippen LogP contribution in [0.25, 0.3) is 0 Å². The van der Waals surface area contributed by atoms with Crippen LogP contribution < -0.4 is 15.8 Å². The number of aliphatic hydroxyl groups is 1. The third kappa shape index (κ3) is 9.90. The van der Waals surface area contributed by atoms with Crippen LogP contribution in [-0.2, 0) is 34.0 Å². The number of aliphatic hydroxyl groups excluding tert-OH is 1. The molecule has 0 saturated carbocycles. The van der Waals surface area contributed by atoms with Gasteiger partial charge in [0, 0.05) is 31.8 Å². The third-order valence-electron chi connectivity index (χ3n) is 6.43. The van der Waals surface area contributed by atoms with Crippen molar-refractivity contribution >= 4 is 17.7 Å². The van der Waals surface area contributed by atoms with E-state index in [-0.39, 0.29) is 37.8 Å². The van der Waals surface area contributed by atoms with Crippen LogP contribution in [0.4, 0.5) is 0 Å². The van der Waals surface area contributed by atoms with Crippen molar-refractivity contribution in [2.24, 2.45) is 11.7 Å². The normalized spacial score (nSPS) is 12.3. The van der Waals surface area contributed by atoms with Crippen LogP contribution in [0.3, 0.4) is 0 Å². The number of carbonyl (C=O) groups excluding carboxylic acids is 3. The molecule has 3 aromatic rings. The Morgan fingerprint density at radius 1 is 0.897 bits per heavy atom. The second-order valence-corrected chi connectivity index (χ2v) is 9.55. The van der Waals surface area contributed by atoms with Gasteiger partial charge in [0.05, 0.1) is 6.61 Å². The van der Waals surface area contributed by atoms with Crippen LogP contribution in [0.5, 0.6) is 5.75 Å². The largest absolute Gasteiger partial charge is 0.489 e. The fourth-order valence-electron chi connectivity index (χ4n) is 4.07. The van der Waals surface area contributed by atoms with Crippen molar-refractivity contribution in [2.45, 2.75) is 45.4 Å². The van der Waals surface area contributed by atoms with Gasteiger partial charge in [0.15, 0.2) is 0 Å². The van der Waals surface area contributed by atoms with Gasteiger partial charge >= 0.3 is 0 Å². The quantitative estimate of drug-likeness (QED) is 0.278. The molecule has 8 nitrogen and oxygen atoms in total. The van der Waals surface area contributed by atoms with Crippen molar-refractivity contribution in [1.82, 2.24) is 10.2 Å². The van der Waals surface area contributed by atoms with Crippen LogP contribution in [0.2, 0.25) is 0 Å². The fourth-order valence-corrected chi connectivity index (χ4v) is 4.07. The van der Waals surface area contributed by atoms with Crippen molar-refractivity contribution < 1.29 is 24.2 Å². The minimum Gasteiger partial charge on any atom is -0.489 e. The summed E-state index contributed by atoms with van der Waals surface area (Å²) in [6.45, 7) is 2.34. The number of carbonyl (C=O) groups is 3.